The molecule has 0 fully saturated rings. The Morgan fingerprint density at radius 2 is 1.69 bits per heavy atom. The highest BCUT2D eigenvalue weighted by Crippen LogP contribution is 2.16. The molecule has 0 aliphatic heterocycles. The predicted molar refractivity (Wildman–Crippen MR) is 60.6 cm³/mol. The molecule has 0 heterocycles. The Bertz CT molecular complexity index is 263. The number of nitrogens with one attached hydrogen (secondary N) is 1. The SMILES string of the molecule is [B]c1ccc(SNC(C)(C)C)cc1. The van der Waals surface area contributed by atoms with Crippen LogP contribution < -0.4 is 10.2 Å². The molecule has 0 amide bonds. The maximum atomic E-state index is 5.58. The van der Waals surface area contributed by atoms with Gasteiger partial charge >= 0.3 is 0 Å². The Kier molecular flexibility index (Phi) is 3.45. The molecule has 1 N–H and O–H groups in total. The maximum absolute atomic E-state index is 5.58. The third-order valence-electron chi connectivity index (χ3n) is 1.36. The number of hydrogen-bond donors (Lipinski definition) is 1. The van der Waals surface area contributed by atoms with Crippen LogP contribution in [0.5, 0.6) is 0 Å². The second-order valence-corrected chi connectivity index (χ2v) is 4.90. The van der Waals surface area contributed by atoms with E-state index in [-0.39, 0.29) is 5.54 Å². The van der Waals surface area contributed by atoms with Crippen LogP contribution in [0.15, 0.2) is 29.2 Å². The van der Waals surface area contributed by atoms with E-state index in [0.717, 1.165) is 5.46 Å². The Hall–Kier alpha value is -0.405. The Labute approximate surface area is 85.9 Å². The molecule has 1 nitrogen and oxygen atoms in total. The highest BCUT2D eigenvalue weighted by molar-refractivity contribution is 7.97. The summed E-state index contributed by atoms with van der Waals surface area (Å²) in [5, 5.41) is 0. The molecule has 0 saturated heterocycles. The van der Waals surface area contributed by atoms with Crippen molar-refractivity contribution in [2.24, 2.45) is 0 Å². The molecular weight excluding hydrogens is 177 g/mol. The summed E-state index contributed by atoms with van der Waals surface area (Å²) >= 11 is 1.63. The minimum Gasteiger partial charge on any atom is -0.255 e. The predicted octanol–water partition coefficient (Wildman–Crippen LogP) is 1.88. The van der Waals surface area contributed by atoms with Gasteiger partial charge in [-0.2, -0.15) is 0 Å². The van der Waals surface area contributed by atoms with Gasteiger partial charge in [0, 0.05) is 10.4 Å². The van der Waals surface area contributed by atoms with E-state index in [1.165, 1.54) is 4.90 Å². The highest BCUT2D eigenvalue weighted by Gasteiger charge is 2.08. The largest absolute Gasteiger partial charge is 0.255 e. The average molecular weight is 191 g/mol. The van der Waals surface area contributed by atoms with Crippen LogP contribution in [0.25, 0.3) is 0 Å². The van der Waals surface area contributed by atoms with Crippen molar-refractivity contribution >= 4 is 25.3 Å². The molecule has 0 aliphatic rings. The fourth-order valence-corrected chi connectivity index (χ4v) is 1.44. The Morgan fingerprint density at radius 1 is 1.15 bits per heavy atom. The molecule has 0 unspecified atom stereocenters. The minimum atomic E-state index is 0.131. The Balaban J connectivity index is 2.51. The summed E-state index contributed by atoms with van der Waals surface area (Å²) in [6.45, 7) is 6.41. The van der Waals surface area contributed by atoms with E-state index in [1.54, 1.807) is 11.9 Å². The first-order valence-electron chi connectivity index (χ1n) is 4.27. The number of hydrogen-bond acceptors (Lipinski definition) is 2. The van der Waals surface area contributed by atoms with Gasteiger partial charge < -0.3 is 0 Å². The second kappa shape index (κ2) is 4.20. The minimum absolute atomic E-state index is 0.131. The highest BCUT2D eigenvalue weighted by atomic mass is 32.2. The summed E-state index contributed by atoms with van der Waals surface area (Å²) in [4.78, 5) is 1.18. The van der Waals surface area contributed by atoms with Crippen molar-refractivity contribution in [3.05, 3.63) is 24.3 Å². The standard InChI is InChI=1S/C10H14BNS/c1-10(2,3)12-13-9-6-4-8(11)5-7-9/h4-7,12H,1-3H3. The molecule has 0 bridgehead atoms. The van der Waals surface area contributed by atoms with Crippen LogP contribution in [-0.4, -0.2) is 13.4 Å². The van der Waals surface area contributed by atoms with Gasteiger partial charge in [0.2, 0.25) is 0 Å². The van der Waals surface area contributed by atoms with Gasteiger partial charge in [0.25, 0.3) is 0 Å². The number of benzene rings is 1. The van der Waals surface area contributed by atoms with Gasteiger partial charge in [-0.3, -0.25) is 4.72 Å². The molecule has 0 aromatic heterocycles. The zero-order chi connectivity index (χ0) is 9.90. The molecule has 13 heavy (non-hydrogen) atoms. The van der Waals surface area contributed by atoms with Crippen molar-refractivity contribution in [3.63, 3.8) is 0 Å². The lowest BCUT2D eigenvalue weighted by Gasteiger charge is -2.19. The van der Waals surface area contributed by atoms with Gasteiger partial charge in [0.05, 0.1) is 0 Å². The third kappa shape index (κ3) is 4.39. The fraction of sp³-hybridized carbons (Fsp3) is 0.400. The molecule has 1 aromatic rings. The van der Waals surface area contributed by atoms with Crippen LogP contribution in [-0.2, 0) is 0 Å². The van der Waals surface area contributed by atoms with Crippen LogP contribution in [0.2, 0.25) is 0 Å². The first kappa shape index (κ1) is 10.7. The fourth-order valence-electron chi connectivity index (χ4n) is 0.748. The van der Waals surface area contributed by atoms with Crippen molar-refractivity contribution in [1.82, 2.24) is 4.72 Å². The third-order valence-corrected chi connectivity index (χ3v) is 2.58. The van der Waals surface area contributed by atoms with E-state index in [4.69, 9.17) is 7.85 Å². The van der Waals surface area contributed by atoms with Crippen molar-refractivity contribution in [2.75, 3.05) is 0 Å². The summed E-state index contributed by atoms with van der Waals surface area (Å²) < 4.78 is 3.33. The molecule has 68 valence electrons. The van der Waals surface area contributed by atoms with Gasteiger partial charge in [-0.15, -0.1) is 0 Å². The van der Waals surface area contributed by atoms with Gasteiger partial charge in [-0.25, -0.2) is 0 Å². The molecule has 1 rings (SSSR count). The van der Waals surface area contributed by atoms with Crippen LogP contribution in [0.4, 0.5) is 0 Å². The monoisotopic (exact) mass is 191 g/mol. The molecular formula is C10H14BNS. The summed E-state index contributed by atoms with van der Waals surface area (Å²) in [5.74, 6) is 0. The summed E-state index contributed by atoms with van der Waals surface area (Å²) in [7, 11) is 5.58. The van der Waals surface area contributed by atoms with Gasteiger partial charge in [-0.05, 0) is 44.9 Å². The quantitative estimate of drug-likeness (QED) is 0.565. The average Bonchev–Trinajstić information content (AvgIpc) is 2.02. The first-order valence-corrected chi connectivity index (χ1v) is 5.08. The lowest BCUT2D eigenvalue weighted by Crippen LogP contribution is -2.29. The molecule has 0 saturated carbocycles. The van der Waals surface area contributed by atoms with Crippen molar-refractivity contribution in [3.8, 4) is 0 Å². The zero-order valence-electron chi connectivity index (χ0n) is 8.29. The van der Waals surface area contributed by atoms with Crippen molar-refractivity contribution in [1.29, 1.82) is 0 Å². The smallest absolute Gasteiger partial charge is 0.113 e. The second-order valence-electron chi connectivity index (χ2n) is 4.02. The Morgan fingerprint density at radius 3 is 2.15 bits per heavy atom. The normalized spacial score (nSPS) is 11.6. The van der Waals surface area contributed by atoms with E-state index in [2.05, 4.69) is 25.5 Å². The molecule has 0 aliphatic carbocycles. The van der Waals surface area contributed by atoms with E-state index in [9.17, 15) is 0 Å². The van der Waals surface area contributed by atoms with Crippen molar-refractivity contribution < 1.29 is 0 Å². The summed E-state index contributed by atoms with van der Waals surface area (Å²) in [6, 6.07) is 7.84. The molecule has 0 spiro atoms. The van der Waals surface area contributed by atoms with Gasteiger partial charge in [-0.1, -0.05) is 17.6 Å². The van der Waals surface area contributed by atoms with Crippen molar-refractivity contribution in [2.45, 2.75) is 31.2 Å². The first-order chi connectivity index (χ1) is 5.97. The van der Waals surface area contributed by atoms with E-state index in [0.29, 0.717) is 0 Å². The number of rotatable bonds is 2. The summed E-state index contributed by atoms with van der Waals surface area (Å²) in [5.41, 5.74) is 0.937. The molecule has 0 atom stereocenters. The molecule has 3 heteroatoms. The maximum Gasteiger partial charge on any atom is 0.113 e. The summed E-state index contributed by atoms with van der Waals surface area (Å²) in [6.07, 6.45) is 0. The lowest BCUT2D eigenvalue weighted by atomic mass is 9.97. The van der Waals surface area contributed by atoms with Crippen LogP contribution in [0.1, 0.15) is 20.8 Å². The van der Waals surface area contributed by atoms with Crippen LogP contribution in [0.3, 0.4) is 0 Å². The molecule has 2 radical (unpaired) electrons. The zero-order valence-corrected chi connectivity index (χ0v) is 9.11. The molecule has 1 aromatic carbocycles. The van der Waals surface area contributed by atoms with E-state index >= 15 is 0 Å². The lowest BCUT2D eigenvalue weighted by molar-refractivity contribution is 0.535. The van der Waals surface area contributed by atoms with Gasteiger partial charge in [0.15, 0.2) is 0 Å². The van der Waals surface area contributed by atoms with Crippen LogP contribution >= 0.6 is 11.9 Å². The van der Waals surface area contributed by atoms with Crippen LogP contribution in [0, 0.1) is 0 Å². The van der Waals surface area contributed by atoms with E-state index in [1.807, 2.05) is 24.3 Å². The van der Waals surface area contributed by atoms with Gasteiger partial charge in [0.1, 0.15) is 7.85 Å². The van der Waals surface area contributed by atoms with E-state index < -0.39 is 0 Å². The topological polar surface area (TPSA) is 12.0 Å².